The van der Waals surface area contributed by atoms with E-state index in [1.807, 2.05) is 32.0 Å². The van der Waals surface area contributed by atoms with Crippen molar-refractivity contribution in [1.82, 2.24) is 0 Å². The van der Waals surface area contributed by atoms with E-state index < -0.39 is 10.6 Å². The first-order valence-corrected chi connectivity index (χ1v) is 6.10. The molecule has 0 fully saturated rings. The number of benzene rings is 1. The van der Waals surface area contributed by atoms with Crippen LogP contribution >= 0.6 is 10.6 Å². The summed E-state index contributed by atoms with van der Waals surface area (Å²) in [7, 11) is -2.53. The predicted molar refractivity (Wildman–Crippen MR) is 57.5 cm³/mol. The summed E-state index contributed by atoms with van der Waals surface area (Å²) in [6.07, 6.45) is 0.788. The van der Waals surface area contributed by atoms with E-state index in [2.05, 4.69) is 0 Å². The molecule has 13 heavy (non-hydrogen) atoms. The second-order valence-electron chi connectivity index (χ2n) is 3.19. The molecule has 0 heterocycles. The Balaban J connectivity index is 2.93. The SMILES string of the molecule is CCCS(O)(O)c1cccc(C)c1. The van der Waals surface area contributed by atoms with Crippen molar-refractivity contribution in [3.8, 4) is 0 Å². The zero-order valence-electron chi connectivity index (χ0n) is 8.03. The molecule has 1 rings (SSSR count). The molecule has 0 aromatic heterocycles. The lowest BCUT2D eigenvalue weighted by Crippen LogP contribution is -2.02. The smallest absolute Gasteiger partial charge is 0.0586 e. The van der Waals surface area contributed by atoms with E-state index in [9.17, 15) is 9.11 Å². The number of hydrogen-bond acceptors (Lipinski definition) is 2. The highest BCUT2D eigenvalue weighted by atomic mass is 32.3. The van der Waals surface area contributed by atoms with Crippen LogP contribution in [0.25, 0.3) is 0 Å². The van der Waals surface area contributed by atoms with Crippen molar-refractivity contribution in [3.05, 3.63) is 29.8 Å². The second-order valence-corrected chi connectivity index (χ2v) is 5.40. The molecule has 0 amide bonds. The van der Waals surface area contributed by atoms with Crippen LogP contribution in [0.4, 0.5) is 0 Å². The lowest BCUT2D eigenvalue weighted by Gasteiger charge is -2.32. The minimum atomic E-state index is -2.53. The van der Waals surface area contributed by atoms with Crippen LogP contribution in [0.15, 0.2) is 29.2 Å². The minimum absolute atomic E-state index is 0.455. The van der Waals surface area contributed by atoms with Crippen LogP contribution in [0.2, 0.25) is 0 Å². The maximum atomic E-state index is 9.75. The molecule has 0 bridgehead atoms. The lowest BCUT2D eigenvalue weighted by atomic mass is 10.2. The van der Waals surface area contributed by atoms with Gasteiger partial charge in [0.15, 0.2) is 0 Å². The van der Waals surface area contributed by atoms with Crippen LogP contribution in [-0.2, 0) is 0 Å². The van der Waals surface area contributed by atoms with Crippen molar-refractivity contribution in [2.45, 2.75) is 25.2 Å². The van der Waals surface area contributed by atoms with Crippen LogP contribution in [0.1, 0.15) is 18.9 Å². The molecule has 0 aliphatic carbocycles. The van der Waals surface area contributed by atoms with E-state index in [1.54, 1.807) is 6.07 Å². The monoisotopic (exact) mass is 200 g/mol. The zero-order valence-corrected chi connectivity index (χ0v) is 8.84. The van der Waals surface area contributed by atoms with Crippen LogP contribution in [0.5, 0.6) is 0 Å². The maximum absolute atomic E-state index is 9.75. The van der Waals surface area contributed by atoms with E-state index in [0.29, 0.717) is 10.6 Å². The first-order chi connectivity index (χ1) is 6.06. The Hall–Kier alpha value is -0.510. The average Bonchev–Trinajstić information content (AvgIpc) is 2.04. The summed E-state index contributed by atoms with van der Waals surface area (Å²) in [6, 6.07) is 7.42. The Bertz CT molecular complexity index is 284. The van der Waals surface area contributed by atoms with E-state index in [-0.39, 0.29) is 0 Å². The topological polar surface area (TPSA) is 40.5 Å². The summed E-state index contributed by atoms with van der Waals surface area (Å²) >= 11 is 0. The van der Waals surface area contributed by atoms with Crippen LogP contribution < -0.4 is 0 Å². The standard InChI is InChI=1S/C10H16O2S/c1-3-7-13(11,12)10-6-4-5-9(2)8-10/h4-6,8,11-12H,3,7H2,1-2H3. The Labute approximate surface area is 81.0 Å². The van der Waals surface area contributed by atoms with Crippen molar-refractivity contribution < 1.29 is 9.11 Å². The molecule has 0 aliphatic rings. The normalized spacial score (nSPS) is 12.9. The van der Waals surface area contributed by atoms with Gasteiger partial charge in [0.25, 0.3) is 0 Å². The van der Waals surface area contributed by atoms with Crippen LogP contribution in [0, 0.1) is 6.92 Å². The molecule has 2 nitrogen and oxygen atoms in total. The Morgan fingerprint density at radius 2 is 2.00 bits per heavy atom. The van der Waals surface area contributed by atoms with Crippen molar-refractivity contribution in [3.63, 3.8) is 0 Å². The molecule has 0 atom stereocenters. The second kappa shape index (κ2) is 4.13. The van der Waals surface area contributed by atoms with E-state index in [4.69, 9.17) is 0 Å². The van der Waals surface area contributed by atoms with E-state index >= 15 is 0 Å². The van der Waals surface area contributed by atoms with Gasteiger partial charge >= 0.3 is 0 Å². The van der Waals surface area contributed by atoms with Crippen LogP contribution in [-0.4, -0.2) is 14.9 Å². The van der Waals surface area contributed by atoms with Gasteiger partial charge in [0.05, 0.1) is 4.90 Å². The van der Waals surface area contributed by atoms with Gasteiger partial charge in [-0.3, -0.25) is 9.11 Å². The van der Waals surface area contributed by atoms with Gasteiger partial charge in [-0.25, -0.2) is 0 Å². The largest absolute Gasteiger partial charge is 0.295 e. The van der Waals surface area contributed by atoms with Crippen molar-refractivity contribution in [2.24, 2.45) is 0 Å². The van der Waals surface area contributed by atoms with Gasteiger partial charge in [-0.15, -0.1) is 0 Å². The van der Waals surface area contributed by atoms with Crippen molar-refractivity contribution in [2.75, 3.05) is 5.75 Å². The fourth-order valence-corrected chi connectivity index (χ4v) is 2.70. The Morgan fingerprint density at radius 1 is 1.31 bits per heavy atom. The summed E-state index contributed by atoms with van der Waals surface area (Å²) in [4.78, 5) is 0.661. The molecule has 0 saturated carbocycles. The molecule has 2 N–H and O–H groups in total. The molecular weight excluding hydrogens is 184 g/mol. The molecule has 0 spiro atoms. The molecule has 1 aromatic rings. The zero-order chi connectivity index (χ0) is 9.90. The fourth-order valence-electron chi connectivity index (χ4n) is 1.22. The van der Waals surface area contributed by atoms with E-state index in [0.717, 1.165) is 12.0 Å². The fraction of sp³-hybridized carbons (Fsp3) is 0.400. The molecule has 74 valence electrons. The van der Waals surface area contributed by atoms with Gasteiger partial charge < -0.3 is 0 Å². The number of hydrogen-bond donors (Lipinski definition) is 2. The molecular formula is C10H16O2S. The van der Waals surface area contributed by atoms with Gasteiger partial charge in [-0.2, -0.15) is 10.6 Å². The third kappa shape index (κ3) is 2.72. The summed E-state index contributed by atoms with van der Waals surface area (Å²) in [6.45, 7) is 3.90. The first-order valence-electron chi connectivity index (χ1n) is 4.39. The number of rotatable bonds is 3. The molecule has 0 unspecified atom stereocenters. The van der Waals surface area contributed by atoms with Gasteiger partial charge in [-0.05, 0) is 31.0 Å². The highest BCUT2D eigenvalue weighted by Crippen LogP contribution is 2.48. The third-order valence-electron chi connectivity index (χ3n) is 1.86. The maximum Gasteiger partial charge on any atom is 0.0586 e. The Kier molecular flexibility index (Phi) is 3.36. The highest BCUT2D eigenvalue weighted by Gasteiger charge is 2.13. The Morgan fingerprint density at radius 3 is 2.54 bits per heavy atom. The third-order valence-corrected chi connectivity index (χ3v) is 3.84. The summed E-state index contributed by atoms with van der Waals surface area (Å²) < 4.78 is 19.5. The lowest BCUT2D eigenvalue weighted by molar-refractivity contribution is 0.486. The quantitative estimate of drug-likeness (QED) is 0.783. The van der Waals surface area contributed by atoms with Crippen molar-refractivity contribution >= 4 is 10.6 Å². The predicted octanol–water partition coefficient (Wildman–Crippen LogP) is 3.51. The summed E-state index contributed by atoms with van der Waals surface area (Å²) in [5.74, 6) is 0.455. The van der Waals surface area contributed by atoms with Gasteiger partial charge in [0.1, 0.15) is 0 Å². The van der Waals surface area contributed by atoms with Gasteiger partial charge in [-0.1, -0.05) is 19.1 Å². The molecule has 0 saturated heterocycles. The van der Waals surface area contributed by atoms with E-state index in [1.165, 1.54) is 0 Å². The summed E-state index contributed by atoms with van der Waals surface area (Å²) in [5.41, 5.74) is 1.06. The van der Waals surface area contributed by atoms with Crippen molar-refractivity contribution in [1.29, 1.82) is 0 Å². The van der Waals surface area contributed by atoms with Crippen LogP contribution in [0.3, 0.4) is 0 Å². The number of aryl methyl sites for hydroxylation is 1. The average molecular weight is 200 g/mol. The summed E-state index contributed by atoms with van der Waals surface area (Å²) in [5, 5.41) is 0. The van der Waals surface area contributed by atoms with Gasteiger partial charge in [0, 0.05) is 5.75 Å². The molecule has 0 aliphatic heterocycles. The molecule has 1 aromatic carbocycles. The first kappa shape index (κ1) is 10.6. The molecule has 3 heteroatoms. The highest BCUT2D eigenvalue weighted by molar-refractivity contribution is 8.24. The van der Waals surface area contributed by atoms with Gasteiger partial charge in [0.2, 0.25) is 0 Å². The minimum Gasteiger partial charge on any atom is -0.295 e. The molecule has 0 radical (unpaired) electrons.